The van der Waals surface area contributed by atoms with Crippen molar-refractivity contribution >= 4 is 5.78 Å². The molecule has 0 saturated heterocycles. The minimum Gasteiger partial charge on any atom is -0.412 e. The summed E-state index contributed by atoms with van der Waals surface area (Å²) in [4.78, 5) is 9.81. The van der Waals surface area contributed by atoms with E-state index >= 15 is 0 Å². The van der Waals surface area contributed by atoms with Crippen molar-refractivity contribution in [3.05, 3.63) is 0 Å². The van der Waals surface area contributed by atoms with Crippen molar-refractivity contribution < 1.29 is 10.3 Å². The van der Waals surface area contributed by atoms with Crippen LogP contribution < -0.4 is 0 Å². The molecule has 0 aromatic heterocycles. The second kappa shape index (κ2) is 4.63. The predicted octanol–water partition coefficient (Wildman–Crippen LogP) is 0.161. The smallest absolute Gasteiger partial charge is 0.129 e. The summed E-state index contributed by atoms with van der Waals surface area (Å²) < 4.78 is 0. The van der Waals surface area contributed by atoms with Crippen LogP contribution in [0.3, 0.4) is 0 Å². The van der Waals surface area contributed by atoms with Crippen LogP contribution in [0.5, 0.6) is 0 Å². The molecule has 0 spiro atoms. The zero-order chi connectivity index (χ0) is 4.28. The largest absolute Gasteiger partial charge is 0.412 e. The minimum absolute atomic E-state index is 0. The van der Waals surface area contributed by atoms with Gasteiger partial charge in [-0.1, -0.05) is 6.92 Å². The average Bonchev–Trinajstić information content (AvgIpc) is 1.38. The summed E-state index contributed by atoms with van der Waals surface area (Å²) in [6.07, 6.45) is 0.667. The summed E-state index contributed by atoms with van der Waals surface area (Å²) in [7, 11) is 0. The van der Waals surface area contributed by atoms with E-state index in [1.807, 2.05) is 6.92 Å². The van der Waals surface area contributed by atoms with Gasteiger partial charge in [-0.05, 0) is 6.92 Å². The molecule has 0 amide bonds. The third kappa shape index (κ3) is 9.45. The first-order chi connectivity index (χ1) is 2.27. The lowest BCUT2D eigenvalue weighted by atomic mass is 10.4. The molecule has 0 saturated carbocycles. The number of hydrogen-bond acceptors (Lipinski definition) is 1. The van der Waals surface area contributed by atoms with Gasteiger partial charge >= 0.3 is 0 Å². The van der Waals surface area contributed by atoms with Crippen molar-refractivity contribution in [2.24, 2.45) is 0 Å². The molecular formula is C4H10O2. The molecule has 0 aromatic carbocycles. The lowest BCUT2D eigenvalue weighted by Gasteiger charge is -1.71. The maximum atomic E-state index is 9.81. The summed E-state index contributed by atoms with van der Waals surface area (Å²) >= 11 is 0. The van der Waals surface area contributed by atoms with Crippen molar-refractivity contribution in [2.45, 2.75) is 20.3 Å². The predicted molar refractivity (Wildman–Crippen MR) is 24.6 cm³/mol. The third-order valence-electron chi connectivity index (χ3n) is 0.498. The molecule has 0 aromatic rings. The van der Waals surface area contributed by atoms with Gasteiger partial charge in [-0.25, -0.2) is 0 Å². The molecule has 38 valence electrons. The third-order valence-corrected chi connectivity index (χ3v) is 0.498. The van der Waals surface area contributed by atoms with Gasteiger partial charge in [0.25, 0.3) is 0 Å². The fraction of sp³-hybridized carbons (Fsp3) is 0.750. The zero-order valence-electron chi connectivity index (χ0n) is 4.12. The summed E-state index contributed by atoms with van der Waals surface area (Å²) in [5.74, 6) is 0.255. The number of carbonyl (C=O) groups excluding carboxylic acids is 1. The van der Waals surface area contributed by atoms with Gasteiger partial charge in [-0.2, -0.15) is 0 Å². The molecule has 0 atom stereocenters. The Balaban J connectivity index is 0. The monoisotopic (exact) mass is 90.1 g/mol. The Bertz CT molecular complexity index is 40.8. The summed E-state index contributed by atoms with van der Waals surface area (Å²) in [6.45, 7) is 3.43. The van der Waals surface area contributed by atoms with Gasteiger partial charge in [-0.3, -0.25) is 0 Å². The Morgan fingerprint density at radius 1 is 1.67 bits per heavy atom. The van der Waals surface area contributed by atoms with Crippen LogP contribution in [0, 0.1) is 0 Å². The van der Waals surface area contributed by atoms with Crippen molar-refractivity contribution in [3.63, 3.8) is 0 Å². The number of Topliss-reactive ketones (excluding diaryl/α,β-unsaturated/α-hetero) is 1. The van der Waals surface area contributed by atoms with Crippen LogP contribution in [0.25, 0.3) is 0 Å². The molecule has 0 aliphatic heterocycles. The minimum atomic E-state index is 0. The Labute approximate surface area is 37.5 Å². The zero-order valence-corrected chi connectivity index (χ0v) is 4.12. The Kier molecular flexibility index (Phi) is 7.07. The highest BCUT2D eigenvalue weighted by atomic mass is 16.1. The standard InChI is InChI=1S/C4H8O.H2O/c1-3-4(2)5;/h3H2,1-2H3;1H2. The van der Waals surface area contributed by atoms with E-state index in [4.69, 9.17) is 0 Å². The number of ketones is 1. The maximum Gasteiger partial charge on any atom is 0.129 e. The summed E-state index contributed by atoms with van der Waals surface area (Å²) in [5.41, 5.74) is 0. The molecule has 2 heteroatoms. The van der Waals surface area contributed by atoms with E-state index in [0.717, 1.165) is 0 Å². The van der Waals surface area contributed by atoms with Gasteiger partial charge in [0, 0.05) is 6.42 Å². The van der Waals surface area contributed by atoms with Crippen molar-refractivity contribution in [1.29, 1.82) is 0 Å². The number of hydrogen-bond donors (Lipinski definition) is 0. The highest BCUT2D eigenvalue weighted by molar-refractivity contribution is 5.74. The number of rotatable bonds is 1. The van der Waals surface area contributed by atoms with Crippen molar-refractivity contribution in [3.8, 4) is 0 Å². The van der Waals surface area contributed by atoms with Crippen molar-refractivity contribution in [1.82, 2.24) is 0 Å². The molecular weight excluding hydrogens is 80.0 g/mol. The quantitative estimate of drug-likeness (QED) is 0.452. The van der Waals surface area contributed by atoms with E-state index in [0.29, 0.717) is 6.42 Å². The second-order valence-electron chi connectivity index (χ2n) is 1.06. The second-order valence-corrected chi connectivity index (χ2v) is 1.06. The topological polar surface area (TPSA) is 48.6 Å². The molecule has 6 heavy (non-hydrogen) atoms. The fourth-order valence-electron chi connectivity index (χ4n) is 0. The van der Waals surface area contributed by atoms with Crippen LogP contribution in [0.4, 0.5) is 0 Å². The van der Waals surface area contributed by atoms with Gasteiger partial charge in [0.1, 0.15) is 5.78 Å². The van der Waals surface area contributed by atoms with E-state index < -0.39 is 0 Å². The van der Waals surface area contributed by atoms with Gasteiger partial charge in [0.2, 0.25) is 0 Å². The average molecular weight is 90.1 g/mol. The first-order valence-electron chi connectivity index (χ1n) is 1.76. The molecule has 0 unspecified atom stereocenters. The lowest BCUT2D eigenvalue weighted by molar-refractivity contribution is -0.116. The van der Waals surface area contributed by atoms with E-state index in [-0.39, 0.29) is 11.3 Å². The maximum absolute atomic E-state index is 9.81. The summed E-state index contributed by atoms with van der Waals surface area (Å²) in [5, 5.41) is 0. The van der Waals surface area contributed by atoms with Crippen LogP contribution in [-0.4, -0.2) is 11.3 Å². The molecule has 0 bridgehead atoms. The van der Waals surface area contributed by atoms with Crippen LogP contribution in [-0.2, 0) is 4.79 Å². The van der Waals surface area contributed by atoms with Crippen LogP contribution in [0.15, 0.2) is 0 Å². The SMILES string of the molecule is CCC(C)=O.O. The molecule has 0 heterocycles. The van der Waals surface area contributed by atoms with Crippen LogP contribution in [0.1, 0.15) is 20.3 Å². The summed E-state index contributed by atoms with van der Waals surface area (Å²) in [6, 6.07) is 0. The molecule has 2 nitrogen and oxygen atoms in total. The first-order valence-corrected chi connectivity index (χ1v) is 1.76. The Morgan fingerprint density at radius 2 is 1.83 bits per heavy atom. The molecule has 0 aliphatic carbocycles. The molecule has 0 rings (SSSR count). The molecule has 0 aliphatic rings. The highest BCUT2D eigenvalue weighted by Crippen LogP contribution is 1.71. The van der Waals surface area contributed by atoms with E-state index in [1.54, 1.807) is 6.92 Å². The van der Waals surface area contributed by atoms with E-state index in [9.17, 15) is 4.79 Å². The van der Waals surface area contributed by atoms with Crippen LogP contribution in [0.2, 0.25) is 0 Å². The van der Waals surface area contributed by atoms with Gasteiger partial charge in [0.05, 0.1) is 0 Å². The molecule has 2 N–H and O–H groups in total. The van der Waals surface area contributed by atoms with E-state index in [2.05, 4.69) is 0 Å². The normalized spacial score (nSPS) is 6.33. The Morgan fingerprint density at radius 3 is 1.83 bits per heavy atom. The fourth-order valence-corrected chi connectivity index (χ4v) is 0. The first kappa shape index (κ1) is 9.16. The van der Waals surface area contributed by atoms with E-state index in [1.165, 1.54) is 0 Å². The lowest BCUT2D eigenvalue weighted by Crippen LogP contribution is -1.80. The molecule has 0 radical (unpaired) electrons. The van der Waals surface area contributed by atoms with Gasteiger partial charge in [-0.15, -0.1) is 0 Å². The van der Waals surface area contributed by atoms with Gasteiger partial charge in [0.15, 0.2) is 0 Å². The number of carbonyl (C=O) groups is 1. The van der Waals surface area contributed by atoms with Crippen molar-refractivity contribution in [2.75, 3.05) is 0 Å². The van der Waals surface area contributed by atoms with Crippen LogP contribution >= 0.6 is 0 Å². The van der Waals surface area contributed by atoms with Gasteiger partial charge < -0.3 is 10.3 Å². The molecule has 0 fully saturated rings. The highest BCUT2D eigenvalue weighted by Gasteiger charge is 1.76. The Hall–Kier alpha value is -0.370.